The van der Waals surface area contributed by atoms with Gasteiger partial charge in [0.1, 0.15) is 0 Å². The second kappa shape index (κ2) is 5.45. The fourth-order valence-corrected chi connectivity index (χ4v) is 1.24. The molecule has 1 aromatic rings. The van der Waals surface area contributed by atoms with Crippen molar-refractivity contribution in [2.24, 2.45) is 0 Å². The highest BCUT2D eigenvalue weighted by atomic mass is 32.2. The van der Waals surface area contributed by atoms with E-state index in [-0.39, 0.29) is 6.03 Å². The zero-order chi connectivity index (χ0) is 9.52. The number of hydrazine groups is 1. The number of benzene rings is 1. The quantitative estimate of drug-likeness (QED) is 0.503. The van der Waals surface area contributed by atoms with E-state index in [0.717, 1.165) is 4.90 Å². The third kappa shape index (κ3) is 3.82. The van der Waals surface area contributed by atoms with Crippen LogP contribution in [0, 0.1) is 0 Å². The van der Waals surface area contributed by atoms with Gasteiger partial charge >= 0.3 is 6.03 Å². The van der Waals surface area contributed by atoms with E-state index in [1.165, 1.54) is 11.9 Å². The van der Waals surface area contributed by atoms with E-state index < -0.39 is 0 Å². The highest BCUT2D eigenvalue weighted by molar-refractivity contribution is 7.97. The van der Waals surface area contributed by atoms with Crippen LogP contribution in [0.15, 0.2) is 35.2 Å². The molecular formula is C8H11N3OS. The van der Waals surface area contributed by atoms with E-state index in [4.69, 9.17) is 0 Å². The minimum absolute atomic E-state index is 0.261. The molecule has 0 aliphatic rings. The van der Waals surface area contributed by atoms with Crippen LogP contribution in [0.1, 0.15) is 0 Å². The zero-order valence-electron chi connectivity index (χ0n) is 7.20. The second-order valence-corrected chi connectivity index (χ2v) is 3.10. The number of carbonyl (C=O) groups excluding carboxylic acids is 1. The summed E-state index contributed by atoms with van der Waals surface area (Å²) >= 11 is 1.34. The first-order valence-corrected chi connectivity index (χ1v) is 4.59. The summed E-state index contributed by atoms with van der Waals surface area (Å²) in [7, 11) is 1.56. The number of nitrogens with one attached hydrogen (secondary N) is 3. The van der Waals surface area contributed by atoms with Crippen LogP contribution in [-0.4, -0.2) is 13.1 Å². The topological polar surface area (TPSA) is 53.2 Å². The summed E-state index contributed by atoms with van der Waals surface area (Å²) in [5.74, 6) is 0. The van der Waals surface area contributed by atoms with Gasteiger partial charge in [0.25, 0.3) is 0 Å². The normalized spacial score (nSPS) is 9.31. The van der Waals surface area contributed by atoms with Crippen LogP contribution < -0.4 is 15.6 Å². The molecule has 0 aliphatic heterocycles. The van der Waals surface area contributed by atoms with Crippen LogP contribution in [0.3, 0.4) is 0 Å². The first-order valence-electron chi connectivity index (χ1n) is 3.77. The maximum Gasteiger partial charge on any atom is 0.329 e. The number of carbonyl (C=O) groups is 1. The van der Waals surface area contributed by atoms with E-state index in [0.29, 0.717) is 0 Å². The van der Waals surface area contributed by atoms with Crippen molar-refractivity contribution >= 4 is 18.0 Å². The highest BCUT2D eigenvalue weighted by Gasteiger charge is 1.94. The van der Waals surface area contributed by atoms with Crippen LogP contribution in [0.2, 0.25) is 0 Å². The van der Waals surface area contributed by atoms with Gasteiger partial charge in [-0.2, -0.15) is 4.83 Å². The molecule has 0 heterocycles. The molecule has 5 heteroatoms. The molecule has 2 amide bonds. The molecule has 0 unspecified atom stereocenters. The molecule has 0 aliphatic carbocycles. The van der Waals surface area contributed by atoms with Gasteiger partial charge in [-0.05, 0) is 24.1 Å². The molecule has 0 saturated heterocycles. The first kappa shape index (κ1) is 9.88. The van der Waals surface area contributed by atoms with Crippen molar-refractivity contribution in [2.45, 2.75) is 4.90 Å². The lowest BCUT2D eigenvalue weighted by molar-refractivity contribution is 0.242. The molecule has 3 N–H and O–H groups in total. The standard InChI is InChI=1S/C8H11N3OS/c1-9-8(12)10-11-13-7-5-3-2-4-6-7/h2-6,11H,1H3,(H2,9,10,12). The molecule has 1 rings (SSSR count). The molecule has 0 radical (unpaired) electrons. The van der Waals surface area contributed by atoms with Crippen LogP contribution in [0.4, 0.5) is 4.79 Å². The molecule has 0 bridgehead atoms. The van der Waals surface area contributed by atoms with Crippen molar-refractivity contribution in [2.75, 3.05) is 7.05 Å². The summed E-state index contributed by atoms with van der Waals surface area (Å²) in [6.07, 6.45) is 0. The van der Waals surface area contributed by atoms with E-state index >= 15 is 0 Å². The smallest absolute Gasteiger partial charge is 0.329 e. The number of hydrogen-bond donors (Lipinski definition) is 3. The van der Waals surface area contributed by atoms with Gasteiger partial charge in [0.05, 0.1) is 0 Å². The van der Waals surface area contributed by atoms with Gasteiger partial charge in [0, 0.05) is 11.9 Å². The lowest BCUT2D eigenvalue weighted by Gasteiger charge is -2.04. The maximum atomic E-state index is 10.7. The number of urea groups is 1. The minimum Gasteiger partial charge on any atom is -0.340 e. The summed E-state index contributed by atoms with van der Waals surface area (Å²) in [4.78, 5) is 14.5. The SMILES string of the molecule is CNC(=O)NNSc1ccccc1. The summed E-state index contributed by atoms with van der Waals surface area (Å²) in [5.41, 5.74) is 2.44. The lowest BCUT2D eigenvalue weighted by Crippen LogP contribution is -2.39. The molecule has 13 heavy (non-hydrogen) atoms. The summed E-state index contributed by atoms with van der Waals surface area (Å²) in [5, 5.41) is 2.43. The van der Waals surface area contributed by atoms with Crippen LogP contribution >= 0.6 is 11.9 Å². The van der Waals surface area contributed by atoms with Gasteiger partial charge < -0.3 is 5.32 Å². The Morgan fingerprint density at radius 2 is 2.00 bits per heavy atom. The lowest BCUT2D eigenvalue weighted by atomic mass is 10.4. The van der Waals surface area contributed by atoms with Crippen LogP contribution in [-0.2, 0) is 0 Å². The zero-order valence-corrected chi connectivity index (χ0v) is 8.02. The summed E-state index contributed by atoms with van der Waals surface area (Å²) in [6.45, 7) is 0. The Morgan fingerprint density at radius 1 is 1.31 bits per heavy atom. The molecule has 1 aromatic carbocycles. The van der Waals surface area contributed by atoms with Gasteiger partial charge in [-0.25, -0.2) is 4.79 Å². The molecule has 0 aromatic heterocycles. The average Bonchev–Trinajstić information content (AvgIpc) is 2.19. The molecular weight excluding hydrogens is 186 g/mol. The predicted molar refractivity (Wildman–Crippen MR) is 53.0 cm³/mol. The third-order valence-corrected chi connectivity index (χ3v) is 2.02. The predicted octanol–water partition coefficient (Wildman–Crippen LogP) is 1.13. The van der Waals surface area contributed by atoms with Crippen molar-refractivity contribution in [1.82, 2.24) is 15.6 Å². The van der Waals surface area contributed by atoms with Gasteiger partial charge in [0.15, 0.2) is 0 Å². The number of hydrogen-bond acceptors (Lipinski definition) is 3. The van der Waals surface area contributed by atoms with Crippen LogP contribution in [0.25, 0.3) is 0 Å². The third-order valence-electron chi connectivity index (χ3n) is 1.30. The fraction of sp³-hybridized carbons (Fsp3) is 0.125. The molecule has 70 valence electrons. The largest absolute Gasteiger partial charge is 0.340 e. The van der Waals surface area contributed by atoms with E-state index in [1.54, 1.807) is 7.05 Å². The number of rotatable bonds is 3. The number of amides is 2. The minimum atomic E-state index is -0.261. The Kier molecular flexibility index (Phi) is 4.14. The van der Waals surface area contributed by atoms with Crippen molar-refractivity contribution in [3.8, 4) is 0 Å². The Labute approximate surface area is 81.2 Å². The fourth-order valence-electron chi connectivity index (χ4n) is 0.682. The average molecular weight is 197 g/mol. The van der Waals surface area contributed by atoms with E-state index in [1.807, 2.05) is 30.3 Å². The van der Waals surface area contributed by atoms with Gasteiger partial charge in [-0.3, -0.25) is 5.43 Å². The van der Waals surface area contributed by atoms with Gasteiger partial charge in [-0.15, -0.1) is 0 Å². The van der Waals surface area contributed by atoms with Crippen LogP contribution in [0.5, 0.6) is 0 Å². The molecule has 0 spiro atoms. The van der Waals surface area contributed by atoms with E-state index in [2.05, 4.69) is 15.6 Å². The second-order valence-electron chi connectivity index (χ2n) is 2.22. The maximum absolute atomic E-state index is 10.7. The van der Waals surface area contributed by atoms with Crippen molar-refractivity contribution in [3.05, 3.63) is 30.3 Å². The summed E-state index contributed by atoms with van der Waals surface area (Å²) < 4.78 is 0. The van der Waals surface area contributed by atoms with Gasteiger partial charge in [-0.1, -0.05) is 18.2 Å². The Hall–Kier alpha value is -1.20. The molecule has 0 saturated carbocycles. The first-order chi connectivity index (χ1) is 6.33. The van der Waals surface area contributed by atoms with Crippen molar-refractivity contribution < 1.29 is 4.79 Å². The van der Waals surface area contributed by atoms with E-state index in [9.17, 15) is 4.79 Å². The highest BCUT2D eigenvalue weighted by Crippen LogP contribution is 2.11. The summed E-state index contributed by atoms with van der Waals surface area (Å²) in [6, 6.07) is 9.44. The monoisotopic (exact) mass is 197 g/mol. The van der Waals surface area contributed by atoms with Crippen molar-refractivity contribution in [3.63, 3.8) is 0 Å². The van der Waals surface area contributed by atoms with Crippen molar-refractivity contribution in [1.29, 1.82) is 0 Å². The Balaban J connectivity index is 2.24. The molecule has 0 fully saturated rings. The Bertz CT molecular complexity index is 265. The van der Waals surface area contributed by atoms with Gasteiger partial charge in [0.2, 0.25) is 0 Å². The Morgan fingerprint density at radius 3 is 2.62 bits per heavy atom. The molecule has 4 nitrogen and oxygen atoms in total. The molecule has 0 atom stereocenters.